The number of carbonyl (C=O) groups excluding carboxylic acids is 1. The summed E-state index contributed by atoms with van der Waals surface area (Å²) in [5.74, 6) is -1.14. The zero-order chi connectivity index (χ0) is 30.1. The molecule has 2 aromatic heterocycles. The molecule has 0 saturated heterocycles. The van der Waals surface area contributed by atoms with Crippen LogP contribution >= 0.6 is 0 Å². The summed E-state index contributed by atoms with van der Waals surface area (Å²) < 4.78 is 72.6. The number of halogens is 3. The maximum atomic E-state index is 13.5. The fourth-order valence-electron chi connectivity index (χ4n) is 4.36. The minimum absolute atomic E-state index is 0.0889. The molecule has 0 aliphatic rings. The van der Waals surface area contributed by atoms with Crippen LogP contribution in [0.1, 0.15) is 41.5 Å². The number of ether oxygens (including phenoxy) is 1. The molecule has 0 fully saturated rings. The van der Waals surface area contributed by atoms with Crippen LogP contribution in [0.3, 0.4) is 0 Å². The Morgan fingerprint density at radius 1 is 1.12 bits per heavy atom. The van der Waals surface area contributed by atoms with Crippen molar-refractivity contribution in [3.63, 3.8) is 0 Å². The van der Waals surface area contributed by atoms with E-state index in [1.54, 1.807) is 7.11 Å². The molecule has 2 heterocycles. The van der Waals surface area contributed by atoms with E-state index in [2.05, 4.69) is 10.1 Å². The van der Waals surface area contributed by atoms with Crippen molar-refractivity contribution in [2.45, 2.75) is 25.9 Å². The number of fused-ring (bicyclic) bond motifs is 1. The average molecular weight is 590 g/mol. The lowest BCUT2D eigenvalue weighted by atomic mass is 9.97. The summed E-state index contributed by atoms with van der Waals surface area (Å²) in [5, 5.41) is 5.17. The van der Waals surface area contributed by atoms with Gasteiger partial charge in [-0.3, -0.25) is 4.79 Å². The molecule has 0 unspecified atom stereocenters. The van der Waals surface area contributed by atoms with E-state index in [1.165, 1.54) is 22.9 Å². The van der Waals surface area contributed by atoms with Crippen LogP contribution in [0, 0.1) is 0 Å². The molecule has 9 nitrogen and oxygen atoms in total. The summed E-state index contributed by atoms with van der Waals surface area (Å²) in [6.45, 7) is 4.97. The van der Waals surface area contributed by atoms with Crippen LogP contribution < -0.4 is 9.62 Å². The summed E-state index contributed by atoms with van der Waals surface area (Å²) in [6.07, 6.45) is -3.75. The summed E-state index contributed by atoms with van der Waals surface area (Å²) in [5.41, 5.74) is 1.77. The number of aromatic nitrogens is 3. The van der Waals surface area contributed by atoms with Crippen LogP contribution in [-0.4, -0.2) is 62.7 Å². The van der Waals surface area contributed by atoms with Crippen LogP contribution in [0.25, 0.3) is 27.8 Å². The number of methoxy groups -OCH3 is 1. The van der Waals surface area contributed by atoms with Crippen molar-refractivity contribution in [2.75, 3.05) is 38.5 Å². The van der Waals surface area contributed by atoms with Gasteiger partial charge in [-0.15, -0.1) is 0 Å². The summed E-state index contributed by atoms with van der Waals surface area (Å²) in [6, 6.07) is 13.6. The van der Waals surface area contributed by atoms with E-state index in [4.69, 9.17) is 4.74 Å². The first-order chi connectivity index (χ1) is 19.2. The Labute approximate surface area is 236 Å². The molecule has 0 aliphatic heterocycles. The van der Waals surface area contributed by atoms with Gasteiger partial charge in [0.05, 0.1) is 35.2 Å². The van der Waals surface area contributed by atoms with E-state index >= 15 is 0 Å². The second-order valence-corrected chi connectivity index (χ2v) is 11.7. The molecule has 0 atom stereocenters. The van der Waals surface area contributed by atoms with Crippen molar-refractivity contribution in [1.82, 2.24) is 19.5 Å². The number of hydrogen-bond donors (Lipinski definition) is 1. The third-order valence-electron chi connectivity index (χ3n) is 6.39. The minimum Gasteiger partial charge on any atom is -0.383 e. The highest BCUT2D eigenvalue weighted by molar-refractivity contribution is 7.89. The van der Waals surface area contributed by atoms with Crippen molar-refractivity contribution >= 4 is 32.7 Å². The fraction of sp³-hybridized carbons (Fsp3) is 0.321. The Hall–Kier alpha value is -3.97. The van der Waals surface area contributed by atoms with Gasteiger partial charge in [0.1, 0.15) is 5.69 Å². The molecular formula is C28H30F3N5O4S. The first-order valence-electron chi connectivity index (χ1n) is 12.6. The molecule has 4 aromatic rings. The standard InChI is InChI=1S/C28H30F3N5O4S/c1-17(2)25-24-22(18-9-11-20(12-10-18)35(3)13-14-40-4)16-23(27(37)34-41(5,38)39)32-26(24)36(33-25)21-8-6-7-19(15-21)28(29,30)31/h6-12,15-17H,13-14H2,1-5H3,(H,34,37). The lowest BCUT2D eigenvalue weighted by molar-refractivity contribution is -0.137. The minimum atomic E-state index is -4.59. The van der Waals surface area contributed by atoms with E-state index in [1.807, 2.05) is 54.8 Å². The lowest BCUT2D eigenvalue weighted by Gasteiger charge is -2.19. The van der Waals surface area contributed by atoms with E-state index < -0.39 is 27.7 Å². The Balaban J connectivity index is 1.99. The van der Waals surface area contributed by atoms with Gasteiger partial charge < -0.3 is 9.64 Å². The predicted octanol–water partition coefficient (Wildman–Crippen LogP) is 5.00. The molecular weight excluding hydrogens is 559 g/mol. The normalized spacial score (nSPS) is 12.2. The van der Waals surface area contributed by atoms with Crippen LogP contribution in [0.2, 0.25) is 0 Å². The first-order valence-corrected chi connectivity index (χ1v) is 14.5. The summed E-state index contributed by atoms with van der Waals surface area (Å²) in [4.78, 5) is 19.4. The fourth-order valence-corrected chi connectivity index (χ4v) is 4.80. The van der Waals surface area contributed by atoms with E-state index in [0.717, 1.165) is 24.1 Å². The quantitative estimate of drug-likeness (QED) is 0.293. The second-order valence-electron chi connectivity index (χ2n) is 9.92. The second kappa shape index (κ2) is 11.5. The maximum absolute atomic E-state index is 13.5. The first kappa shape index (κ1) is 30.0. The van der Waals surface area contributed by atoms with Crippen molar-refractivity contribution in [3.8, 4) is 16.8 Å². The van der Waals surface area contributed by atoms with Gasteiger partial charge in [-0.25, -0.2) is 22.8 Å². The molecule has 0 radical (unpaired) electrons. The van der Waals surface area contributed by atoms with Gasteiger partial charge in [0.2, 0.25) is 10.0 Å². The van der Waals surface area contributed by atoms with E-state index in [-0.39, 0.29) is 22.9 Å². The molecule has 2 aromatic carbocycles. The smallest absolute Gasteiger partial charge is 0.383 e. The molecule has 13 heteroatoms. The predicted molar refractivity (Wildman–Crippen MR) is 151 cm³/mol. The number of likely N-dealkylation sites (N-methyl/N-ethyl adjacent to an activating group) is 1. The molecule has 4 rings (SSSR count). The van der Waals surface area contributed by atoms with Gasteiger partial charge in [0.15, 0.2) is 5.65 Å². The monoisotopic (exact) mass is 589 g/mol. The number of sulfonamides is 1. The Kier molecular flexibility index (Phi) is 8.41. The molecule has 0 bridgehead atoms. The van der Waals surface area contributed by atoms with Crippen LogP contribution in [0.5, 0.6) is 0 Å². The number of nitrogens with zero attached hydrogens (tertiary/aromatic N) is 4. The number of carbonyl (C=O) groups is 1. The highest BCUT2D eigenvalue weighted by Crippen LogP contribution is 2.37. The molecule has 0 aliphatic carbocycles. The average Bonchev–Trinajstić information content (AvgIpc) is 3.30. The zero-order valence-electron chi connectivity index (χ0n) is 23.2. The van der Waals surface area contributed by atoms with Crippen LogP contribution in [-0.2, 0) is 20.9 Å². The van der Waals surface area contributed by atoms with E-state index in [0.29, 0.717) is 35.4 Å². The molecule has 218 valence electrons. The SMILES string of the molecule is COCCN(C)c1ccc(-c2cc(C(=O)NS(C)(=O)=O)nc3c2c(C(C)C)nn3-c2cccc(C(F)(F)F)c2)cc1. The highest BCUT2D eigenvalue weighted by atomic mass is 32.2. The van der Waals surface area contributed by atoms with Gasteiger partial charge >= 0.3 is 6.18 Å². The highest BCUT2D eigenvalue weighted by Gasteiger charge is 2.31. The number of benzene rings is 2. The maximum Gasteiger partial charge on any atom is 0.416 e. The number of rotatable bonds is 9. The number of nitrogens with one attached hydrogen (secondary N) is 1. The van der Waals surface area contributed by atoms with Gasteiger partial charge in [0.25, 0.3) is 5.91 Å². The Morgan fingerprint density at radius 3 is 2.39 bits per heavy atom. The van der Waals surface area contributed by atoms with Crippen molar-refractivity contribution < 1.29 is 31.1 Å². The topological polar surface area (TPSA) is 106 Å². The molecule has 1 amide bonds. The van der Waals surface area contributed by atoms with Gasteiger partial charge in [-0.1, -0.05) is 32.0 Å². The number of alkyl halides is 3. The largest absolute Gasteiger partial charge is 0.416 e. The van der Waals surface area contributed by atoms with Crippen LogP contribution in [0.4, 0.5) is 18.9 Å². The Bertz CT molecular complexity index is 1680. The number of hydrogen-bond acceptors (Lipinski definition) is 7. The third kappa shape index (κ3) is 6.68. The lowest BCUT2D eigenvalue weighted by Crippen LogP contribution is -2.30. The number of anilines is 1. The summed E-state index contributed by atoms with van der Waals surface area (Å²) >= 11 is 0. The molecule has 0 saturated carbocycles. The molecule has 41 heavy (non-hydrogen) atoms. The van der Waals surface area contributed by atoms with E-state index in [9.17, 15) is 26.4 Å². The molecule has 1 N–H and O–H groups in total. The van der Waals surface area contributed by atoms with Crippen LogP contribution in [0.15, 0.2) is 54.6 Å². The van der Waals surface area contributed by atoms with Gasteiger partial charge in [0, 0.05) is 26.4 Å². The van der Waals surface area contributed by atoms with Crippen molar-refractivity contribution in [1.29, 1.82) is 0 Å². The van der Waals surface area contributed by atoms with Crippen molar-refractivity contribution in [3.05, 3.63) is 71.5 Å². The third-order valence-corrected chi connectivity index (χ3v) is 6.95. The zero-order valence-corrected chi connectivity index (χ0v) is 24.0. The number of pyridine rings is 1. The van der Waals surface area contributed by atoms with Gasteiger partial charge in [-0.05, 0) is 53.4 Å². The number of amides is 1. The Morgan fingerprint density at radius 2 is 1.80 bits per heavy atom. The van der Waals surface area contributed by atoms with Crippen molar-refractivity contribution in [2.24, 2.45) is 0 Å². The molecule has 0 spiro atoms. The van der Waals surface area contributed by atoms with Gasteiger partial charge in [-0.2, -0.15) is 18.3 Å². The summed E-state index contributed by atoms with van der Waals surface area (Å²) in [7, 11) is -0.381.